The smallest absolute Gasteiger partial charge is 0.242 e. The molecule has 4 nitrogen and oxygen atoms in total. The van der Waals surface area contributed by atoms with E-state index >= 15 is 0 Å². The Labute approximate surface area is 71.1 Å². The summed E-state index contributed by atoms with van der Waals surface area (Å²) in [5.41, 5.74) is 0.0832. The van der Waals surface area contributed by atoms with Gasteiger partial charge in [-0.3, -0.25) is 10.1 Å². The van der Waals surface area contributed by atoms with Crippen molar-refractivity contribution in [3.63, 3.8) is 0 Å². The second-order valence-corrected chi connectivity index (χ2v) is 4.27. The number of carbonyl (C=O) groups is 1. The van der Waals surface area contributed by atoms with E-state index in [1.165, 1.54) is 0 Å². The quantitative estimate of drug-likeness (QED) is 0.388. The predicted octanol–water partition coefficient (Wildman–Crippen LogP) is -1.42. The summed E-state index contributed by atoms with van der Waals surface area (Å²) in [5.74, 6) is 0.200. The Kier molecular flexibility index (Phi) is 1.04. The SMILES string of the molecule is O=C1NCC12CCC1(CNC1)N2. The molecule has 0 bridgehead atoms. The molecule has 66 valence electrons. The van der Waals surface area contributed by atoms with Crippen molar-refractivity contribution in [1.29, 1.82) is 0 Å². The number of amides is 1. The van der Waals surface area contributed by atoms with Crippen LogP contribution >= 0.6 is 0 Å². The third-order valence-corrected chi connectivity index (χ3v) is 3.45. The molecule has 0 aromatic rings. The van der Waals surface area contributed by atoms with E-state index in [-0.39, 0.29) is 17.0 Å². The Balaban J connectivity index is 1.81. The van der Waals surface area contributed by atoms with Crippen molar-refractivity contribution in [2.45, 2.75) is 23.9 Å². The standard InChI is InChI=1S/C8H13N3O/c12-6-8(5-10-6)2-1-7(11-8)3-9-4-7/h9,11H,1-5H2,(H,10,12). The van der Waals surface area contributed by atoms with Gasteiger partial charge in [-0.05, 0) is 12.8 Å². The van der Waals surface area contributed by atoms with Crippen LogP contribution in [0, 0.1) is 0 Å². The summed E-state index contributed by atoms with van der Waals surface area (Å²) in [5, 5.41) is 9.55. The Morgan fingerprint density at radius 3 is 2.25 bits per heavy atom. The van der Waals surface area contributed by atoms with Gasteiger partial charge >= 0.3 is 0 Å². The van der Waals surface area contributed by atoms with Crippen LogP contribution in [-0.2, 0) is 4.79 Å². The summed E-state index contributed by atoms with van der Waals surface area (Å²) in [6, 6.07) is 0. The Morgan fingerprint density at radius 2 is 2.00 bits per heavy atom. The van der Waals surface area contributed by atoms with Crippen LogP contribution in [0.4, 0.5) is 0 Å². The van der Waals surface area contributed by atoms with Gasteiger partial charge in [-0.15, -0.1) is 0 Å². The summed E-state index contributed by atoms with van der Waals surface area (Å²) in [6.07, 6.45) is 2.16. The van der Waals surface area contributed by atoms with Crippen LogP contribution in [0.5, 0.6) is 0 Å². The third kappa shape index (κ3) is 0.630. The molecule has 3 aliphatic heterocycles. The van der Waals surface area contributed by atoms with E-state index in [2.05, 4.69) is 16.0 Å². The fraction of sp³-hybridized carbons (Fsp3) is 0.875. The lowest BCUT2D eigenvalue weighted by Crippen LogP contribution is -2.76. The molecule has 1 atom stereocenters. The van der Waals surface area contributed by atoms with E-state index in [0.717, 1.165) is 32.5 Å². The first-order valence-electron chi connectivity index (χ1n) is 4.53. The van der Waals surface area contributed by atoms with Gasteiger partial charge in [-0.1, -0.05) is 0 Å². The van der Waals surface area contributed by atoms with Gasteiger partial charge in [0.2, 0.25) is 5.91 Å². The first kappa shape index (κ1) is 6.86. The molecule has 0 aromatic carbocycles. The minimum atomic E-state index is -0.178. The molecule has 0 aliphatic carbocycles. The van der Waals surface area contributed by atoms with E-state index in [4.69, 9.17) is 0 Å². The lowest BCUT2D eigenvalue weighted by molar-refractivity contribution is -0.134. The molecule has 12 heavy (non-hydrogen) atoms. The topological polar surface area (TPSA) is 53.2 Å². The summed E-state index contributed by atoms with van der Waals surface area (Å²) >= 11 is 0. The highest BCUT2D eigenvalue weighted by Crippen LogP contribution is 2.36. The average Bonchev–Trinajstić information content (AvgIpc) is 2.43. The fourth-order valence-electron chi connectivity index (χ4n) is 2.45. The van der Waals surface area contributed by atoms with Gasteiger partial charge in [0.15, 0.2) is 0 Å². The second kappa shape index (κ2) is 1.83. The van der Waals surface area contributed by atoms with Crippen molar-refractivity contribution in [2.75, 3.05) is 19.6 Å². The van der Waals surface area contributed by atoms with Crippen molar-refractivity contribution >= 4 is 5.91 Å². The van der Waals surface area contributed by atoms with E-state index in [1.807, 2.05) is 0 Å². The van der Waals surface area contributed by atoms with Crippen LogP contribution in [0.25, 0.3) is 0 Å². The minimum Gasteiger partial charge on any atom is -0.352 e. The molecule has 3 heterocycles. The first-order valence-corrected chi connectivity index (χ1v) is 4.53. The molecule has 3 N–H and O–H groups in total. The maximum Gasteiger partial charge on any atom is 0.242 e. The van der Waals surface area contributed by atoms with Gasteiger partial charge in [0.25, 0.3) is 0 Å². The molecule has 0 saturated carbocycles. The highest BCUT2D eigenvalue weighted by molar-refractivity contribution is 5.93. The van der Waals surface area contributed by atoms with Crippen LogP contribution in [0.15, 0.2) is 0 Å². The van der Waals surface area contributed by atoms with Gasteiger partial charge in [0, 0.05) is 25.2 Å². The van der Waals surface area contributed by atoms with Gasteiger partial charge < -0.3 is 10.6 Å². The average molecular weight is 167 g/mol. The monoisotopic (exact) mass is 167 g/mol. The maximum absolute atomic E-state index is 11.3. The molecule has 3 saturated heterocycles. The van der Waals surface area contributed by atoms with Crippen LogP contribution in [-0.4, -0.2) is 36.6 Å². The van der Waals surface area contributed by atoms with E-state index in [9.17, 15) is 4.79 Å². The highest BCUT2D eigenvalue weighted by Gasteiger charge is 2.57. The zero-order valence-corrected chi connectivity index (χ0v) is 6.94. The van der Waals surface area contributed by atoms with Gasteiger partial charge in [0.1, 0.15) is 5.54 Å². The number of nitrogens with one attached hydrogen (secondary N) is 3. The van der Waals surface area contributed by atoms with Crippen molar-refractivity contribution in [3.8, 4) is 0 Å². The third-order valence-electron chi connectivity index (χ3n) is 3.45. The molecule has 3 aliphatic rings. The molecule has 1 amide bonds. The van der Waals surface area contributed by atoms with Crippen LogP contribution in [0.1, 0.15) is 12.8 Å². The number of hydrogen-bond donors (Lipinski definition) is 3. The predicted molar refractivity (Wildman–Crippen MR) is 43.7 cm³/mol. The number of hydrogen-bond acceptors (Lipinski definition) is 3. The molecular weight excluding hydrogens is 154 g/mol. The summed E-state index contributed by atoms with van der Waals surface area (Å²) in [6.45, 7) is 2.89. The largest absolute Gasteiger partial charge is 0.352 e. The van der Waals surface area contributed by atoms with E-state index < -0.39 is 0 Å². The van der Waals surface area contributed by atoms with E-state index in [1.54, 1.807) is 0 Å². The van der Waals surface area contributed by atoms with Crippen molar-refractivity contribution in [1.82, 2.24) is 16.0 Å². The summed E-state index contributed by atoms with van der Waals surface area (Å²) in [7, 11) is 0. The number of carbonyl (C=O) groups excluding carboxylic acids is 1. The molecule has 1 unspecified atom stereocenters. The van der Waals surface area contributed by atoms with Crippen molar-refractivity contribution in [3.05, 3.63) is 0 Å². The normalized spacial score (nSPS) is 42.5. The lowest BCUT2D eigenvalue weighted by Gasteiger charge is -2.45. The van der Waals surface area contributed by atoms with Gasteiger partial charge in [-0.2, -0.15) is 0 Å². The van der Waals surface area contributed by atoms with Crippen molar-refractivity contribution < 1.29 is 4.79 Å². The summed E-state index contributed by atoms with van der Waals surface area (Å²) in [4.78, 5) is 11.3. The minimum absolute atomic E-state index is 0.178. The Hall–Kier alpha value is -0.610. The van der Waals surface area contributed by atoms with Gasteiger partial charge in [0.05, 0.1) is 0 Å². The Bertz CT molecular complexity index is 249. The molecule has 2 spiro atoms. The highest BCUT2D eigenvalue weighted by atomic mass is 16.2. The lowest BCUT2D eigenvalue weighted by atomic mass is 9.89. The van der Waals surface area contributed by atoms with Gasteiger partial charge in [-0.25, -0.2) is 0 Å². The molecule has 0 aromatic heterocycles. The van der Waals surface area contributed by atoms with Crippen molar-refractivity contribution in [2.24, 2.45) is 0 Å². The number of β-lactam (4-membered cyclic amide) rings is 1. The maximum atomic E-state index is 11.3. The number of rotatable bonds is 0. The van der Waals surface area contributed by atoms with Crippen LogP contribution in [0.2, 0.25) is 0 Å². The van der Waals surface area contributed by atoms with Crippen LogP contribution in [0.3, 0.4) is 0 Å². The Morgan fingerprint density at radius 1 is 1.17 bits per heavy atom. The molecule has 3 rings (SSSR count). The zero-order chi connectivity index (χ0) is 8.23. The molecular formula is C8H13N3O. The summed E-state index contributed by atoms with van der Waals surface area (Å²) < 4.78 is 0. The zero-order valence-electron chi connectivity index (χ0n) is 6.94. The first-order chi connectivity index (χ1) is 5.75. The van der Waals surface area contributed by atoms with Crippen LogP contribution < -0.4 is 16.0 Å². The van der Waals surface area contributed by atoms with E-state index in [0.29, 0.717) is 0 Å². The molecule has 4 heteroatoms. The molecule has 0 radical (unpaired) electrons. The fourth-order valence-corrected chi connectivity index (χ4v) is 2.45. The second-order valence-electron chi connectivity index (χ2n) is 4.27. The molecule has 3 fully saturated rings.